The molecule has 0 bridgehead atoms. The summed E-state index contributed by atoms with van der Waals surface area (Å²) >= 11 is 0. The fraction of sp³-hybridized carbons (Fsp3) is 0.308. The Kier molecular flexibility index (Phi) is 5.19. The van der Waals surface area contributed by atoms with Crippen LogP contribution in [0.1, 0.15) is 28.8 Å². The van der Waals surface area contributed by atoms with Gasteiger partial charge in [-0.15, -0.1) is 0 Å². The molecule has 4 N–H and O–H groups in total. The first-order valence-electron chi connectivity index (χ1n) is 5.89. The first-order chi connectivity index (χ1) is 9.31. The topological polar surface area (TPSA) is 109 Å². The van der Waals surface area contributed by atoms with E-state index < -0.39 is 29.6 Å². The highest BCUT2D eigenvalue weighted by atomic mass is 19.1. The number of nitrogens with one attached hydrogen (secondary N) is 1. The second kappa shape index (κ2) is 6.65. The summed E-state index contributed by atoms with van der Waals surface area (Å²) in [6, 6.07) is 2.64. The van der Waals surface area contributed by atoms with E-state index in [9.17, 15) is 18.8 Å². The summed E-state index contributed by atoms with van der Waals surface area (Å²) in [6.45, 7) is 1.68. The number of carbonyl (C=O) groups is 3. The Bertz CT molecular complexity index is 545. The van der Waals surface area contributed by atoms with Crippen LogP contribution in [0, 0.1) is 12.7 Å². The van der Waals surface area contributed by atoms with Gasteiger partial charge in [0, 0.05) is 6.42 Å². The molecule has 108 valence electrons. The van der Waals surface area contributed by atoms with Crippen molar-refractivity contribution in [2.75, 3.05) is 0 Å². The van der Waals surface area contributed by atoms with Crippen LogP contribution in [0.15, 0.2) is 18.2 Å². The van der Waals surface area contributed by atoms with Gasteiger partial charge in [0.05, 0.1) is 5.56 Å². The van der Waals surface area contributed by atoms with E-state index in [1.807, 2.05) is 0 Å². The maximum Gasteiger partial charge on any atom is 0.326 e. The second-order valence-corrected chi connectivity index (χ2v) is 4.35. The minimum absolute atomic E-state index is 0.149. The number of aryl methyl sites for hydroxylation is 1. The van der Waals surface area contributed by atoms with Crippen molar-refractivity contribution >= 4 is 17.8 Å². The van der Waals surface area contributed by atoms with Crippen molar-refractivity contribution in [2.24, 2.45) is 5.73 Å². The van der Waals surface area contributed by atoms with Crippen LogP contribution in [-0.4, -0.2) is 28.9 Å². The molecule has 1 unspecified atom stereocenters. The van der Waals surface area contributed by atoms with Crippen molar-refractivity contribution < 1.29 is 23.9 Å². The van der Waals surface area contributed by atoms with E-state index in [0.29, 0.717) is 5.56 Å². The van der Waals surface area contributed by atoms with Crippen LogP contribution in [0.5, 0.6) is 0 Å². The lowest BCUT2D eigenvalue weighted by atomic mass is 10.1. The van der Waals surface area contributed by atoms with Crippen LogP contribution in [0.2, 0.25) is 0 Å². The third-order valence-corrected chi connectivity index (χ3v) is 2.65. The number of rotatable bonds is 6. The van der Waals surface area contributed by atoms with Crippen molar-refractivity contribution in [1.82, 2.24) is 5.32 Å². The zero-order valence-corrected chi connectivity index (χ0v) is 10.9. The monoisotopic (exact) mass is 282 g/mol. The fourth-order valence-corrected chi connectivity index (χ4v) is 1.59. The molecular formula is C13H15FN2O4. The number of nitrogens with two attached hydrogens (primary N) is 1. The molecule has 0 aromatic heterocycles. The van der Waals surface area contributed by atoms with Crippen LogP contribution in [0.3, 0.4) is 0 Å². The van der Waals surface area contributed by atoms with Crippen molar-refractivity contribution in [3.05, 3.63) is 35.1 Å². The molecule has 6 nitrogen and oxygen atoms in total. The molecule has 0 aliphatic rings. The van der Waals surface area contributed by atoms with E-state index in [4.69, 9.17) is 10.8 Å². The SMILES string of the molecule is Cc1ccc(F)c(C(=O)NC(CCC(N)=O)C(=O)O)c1. The van der Waals surface area contributed by atoms with Gasteiger partial charge >= 0.3 is 5.97 Å². The summed E-state index contributed by atoms with van der Waals surface area (Å²) in [7, 11) is 0. The normalized spacial score (nSPS) is 11.7. The molecule has 1 aromatic rings. The second-order valence-electron chi connectivity index (χ2n) is 4.35. The van der Waals surface area contributed by atoms with E-state index in [1.54, 1.807) is 6.92 Å². The van der Waals surface area contributed by atoms with E-state index in [2.05, 4.69) is 5.32 Å². The minimum atomic E-state index is -1.31. The third kappa shape index (κ3) is 4.34. The lowest BCUT2D eigenvalue weighted by molar-refractivity contribution is -0.139. The highest BCUT2D eigenvalue weighted by Crippen LogP contribution is 2.10. The Morgan fingerprint density at radius 3 is 2.60 bits per heavy atom. The smallest absolute Gasteiger partial charge is 0.326 e. The van der Waals surface area contributed by atoms with Crippen LogP contribution in [0.4, 0.5) is 4.39 Å². The Morgan fingerprint density at radius 1 is 1.40 bits per heavy atom. The zero-order chi connectivity index (χ0) is 15.3. The lowest BCUT2D eigenvalue weighted by Crippen LogP contribution is -2.41. The zero-order valence-electron chi connectivity index (χ0n) is 10.9. The molecule has 1 rings (SSSR count). The Hall–Kier alpha value is -2.44. The molecule has 0 aliphatic carbocycles. The van der Waals surface area contributed by atoms with Crippen molar-refractivity contribution in [1.29, 1.82) is 0 Å². The number of carbonyl (C=O) groups excluding carboxylic acids is 2. The average molecular weight is 282 g/mol. The number of benzene rings is 1. The van der Waals surface area contributed by atoms with Gasteiger partial charge < -0.3 is 16.2 Å². The largest absolute Gasteiger partial charge is 0.480 e. The summed E-state index contributed by atoms with van der Waals surface area (Å²) in [6.07, 6.45) is -0.336. The van der Waals surface area contributed by atoms with Crippen molar-refractivity contribution in [3.63, 3.8) is 0 Å². The van der Waals surface area contributed by atoms with Crippen molar-refractivity contribution in [2.45, 2.75) is 25.8 Å². The van der Waals surface area contributed by atoms with Gasteiger partial charge in [0.2, 0.25) is 5.91 Å². The number of hydrogen-bond acceptors (Lipinski definition) is 3. The number of hydrogen-bond donors (Lipinski definition) is 3. The first kappa shape index (κ1) is 15.6. The van der Waals surface area contributed by atoms with Gasteiger partial charge in [0.25, 0.3) is 5.91 Å². The predicted molar refractivity (Wildman–Crippen MR) is 68.5 cm³/mol. The quantitative estimate of drug-likeness (QED) is 0.709. The molecule has 0 saturated carbocycles. The molecule has 0 radical (unpaired) electrons. The molecule has 2 amide bonds. The summed E-state index contributed by atoms with van der Waals surface area (Å²) in [5.74, 6) is -3.57. The van der Waals surface area contributed by atoms with Gasteiger partial charge in [-0.3, -0.25) is 9.59 Å². The average Bonchev–Trinajstić information content (AvgIpc) is 2.36. The molecule has 0 heterocycles. The molecule has 0 spiro atoms. The minimum Gasteiger partial charge on any atom is -0.480 e. The molecule has 7 heteroatoms. The van der Waals surface area contributed by atoms with E-state index in [1.165, 1.54) is 12.1 Å². The van der Waals surface area contributed by atoms with E-state index in [-0.39, 0.29) is 18.4 Å². The Morgan fingerprint density at radius 2 is 2.05 bits per heavy atom. The van der Waals surface area contributed by atoms with Gasteiger partial charge in [-0.2, -0.15) is 0 Å². The van der Waals surface area contributed by atoms with Gasteiger partial charge in [-0.1, -0.05) is 11.6 Å². The summed E-state index contributed by atoms with van der Waals surface area (Å²) in [4.78, 5) is 33.5. The first-order valence-corrected chi connectivity index (χ1v) is 5.89. The molecule has 1 atom stereocenters. The van der Waals surface area contributed by atoms with E-state index >= 15 is 0 Å². The summed E-state index contributed by atoms with van der Waals surface area (Å²) in [5.41, 5.74) is 5.35. The van der Waals surface area contributed by atoms with Gasteiger partial charge in [-0.05, 0) is 25.5 Å². The van der Waals surface area contributed by atoms with Gasteiger partial charge in [-0.25, -0.2) is 9.18 Å². The van der Waals surface area contributed by atoms with Crippen molar-refractivity contribution in [3.8, 4) is 0 Å². The third-order valence-electron chi connectivity index (χ3n) is 2.65. The maximum absolute atomic E-state index is 13.5. The molecular weight excluding hydrogens is 267 g/mol. The number of primary amides is 1. The lowest BCUT2D eigenvalue weighted by Gasteiger charge is -2.14. The number of aliphatic carboxylic acids is 1. The molecule has 1 aromatic carbocycles. The number of carboxylic acid groups (broad SMARTS) is 1. The van der Waals surface area contributed by atoms with Crippen LogP contribution in [-0.2, 0) is 9.59 Å². The van der Waals surface area contributed by atoms with E-state index in [0.717, 1.165) is 6.07 Å². The number of carboxylic acids is 1. The molecule has 0 aliphatic heterocycles. The summed E-state index contributed by atoms with van der Waals surface area (Å²) < 4.78 is 13.5. The highest BCUT2D eigenvalue weighted by molar-refractivity contribution is 5.97. The standard InChI is InChI=1S/C13H15FN2O4/c1-7-2-3-9(14)8(6-7)12(18)16-10(13(19)20)4-5-11(15)17/h2-3,6,10H,4-5H2,1H3,(H2,15,17)(H,16,18)(H,19,20). The van der Waals surface area contributed by atoms with Gasteiger partial charge in [0.15, 0.2) is 0 Å². The summed E-state index contributed by atoms with van der Waals surface area (Å²) in [5, 5.41) is 11.1. The number of halogens is 1. The van der Waals surface area contributed by atoms with Crippen LogP contribution in [0.25, 0.3) is 0 Å². The Balaban J connectivity index is 2.82. The van der Waals surface area contributed by atoms with Crippen LogP contribution < -0.4 is 11.1 Å². The fourth-order valence-electron chi connectivity index (χ4n) is 1.59. The highest BCUT2D eigenvalue weighted by Gasteiger charge is 2.22. The van der Waals surface area contributed by atoms with Crippen LogP contribution >= 0.6 is 0 Å². The predicted octanol–water partition coefficient (Wildman–Crippen LogP) is 0.583. The maximum atomic E-state index is 13.5. The Labute approximate surface area is 114 Å². The molecule has 0 saturated heterocycles. The molecule has 0 fully saturated rings. The van der Waals surface area contributed by atoms with Gasteiger partial charge in [0.1, 0.15) is 11.9 Å². The number of amides is 2. The molecule has 20 heavy (non-hydrogen) atoms.